The van der Waals surface area contributed by atoms with Gasteiger partial charge in [-0.25, -0.2) is 0 Å². The summed E-state index contributed by atoms with van der Waals surface area (Å²) in [7, 11) is 2.15. The fraction of sp³-hybridized carbons (Fsp3) is 1.00. The van der Waals surface area contributed by atoms with Gasteiger partial charge in [0, 0.05) is 12.6 Å². The molecule has 2 heteroatoms. The summed E-state index contributed by atoms with van der Waals surface area (Å²) in [6, 6.07) is 0.761. The van der Waals surface area contributed by atoms with E-state index in [0.717, 1.165) is 30.4 Å². The van der Waals surface area contributed by atoms with Gasteiger partial charge < -0.3 is 10.1 Å². The van der Waals surface area contributed by atoms with Crippen molar-refractivity contribution in [3.05, 3.63) is 0 Å². The minimum Gasteiger partial charge on any atom is -0.375 e. The van der Waals surface area contributed by atoms with Crippen LogP contribution in [0, 0.1) is 17.8 Å². The molecule has 1 aliphatic heterocycles. The monoisotopic (exact) mass is 223 g/mol. The normalized spacial score (nSPS) is 42.8. The van der Waals surface area contributed by atoms with E-state index in [1.165, 1.54) is 38.5 Å². The minimum atomic E-state index is 0.316. The second-order valence-corrected chi connectivity index (χ2v) is 6.33. The quantitative estimate of drug-likeness (QED) is 0.794. The largest absolute Gasteiger partial charge is 0.375 e. The van der Waals surface area contributed by atoms with Crippen LogP contribution in [-0.2, 0) is 4.74 Å². The molecule has 92 valence electrons. The maximum Gasteiger partial charge on any atom is 0.0685 e. The Morgan fingerprint density at radius 2 is 2.12 bits per heavy atom. The summed E-state index contributed by atoms with van der Waals surface area (Å²) in [5.74, 6) is 2.77. The lowest BCUT2D eigenvalue weighted by atomic mass is 9.70. The molecular weight excluding hydrogens is 198 g/mol. The third kappa shape index (κ3) is 1.80. The molecule has 0 aromatic heterocycles. The number of hydrogen-bond acceptors (Lipinski definition) is 2. The molecular formula is C14H25NO. The Labute approximate surface area is 99.1 Å². The molecule has 1 spiro atoms. The van der Waals surface area contributed by atoms with Gasteiger partial charge >= 0.3 is 0 Å². The van der Waals surface area contributed by atoms with E-state index in [0.29, 0.717) is 5.60 Å². The fourth-order valence-corrected chi connectivity index (χ4v) is 3.94. The molecule has 3 rings (SSSR count). The van der Waals surface area contributed by atoms with E-state index < -0.39 is 0 Å². The number of nitrogens with one attached hydrogen (secondary N) is 1. The molecule has 2 nitrogen and oxygen atoms in total. The predicted octanol–water partition coefficient (Wildman–Crippen LogP) is 2.58. The van der Waals surface area contributed by atoms with E-state index in [1.807, 2.05) is 0 Å². The highest BCUT2D eigenvalue weighted by molar-refractivity contribution is 5.01. The first-order chi connectivity index (χ1) is 7.74. The van der Waals surface area contributed by atoms with Crippen LogP contribution in [0.5, 0.6) is 0 Å². The summed E-state index contributed by atoms with van der Waals surface area (Å²) in [6.45, 7) is 3.40. The first-order valence-corrected chi connectivity index (χ1v) is 7.05. The number of rotatable bonds is 3. The topological polar surface area (TPSA) is 21.3 Å². The van der Waals surface area contributed by atoms with Crippen molar-refractivity contribution in [2.75, 3.05) is 13.7 Å². The summed E-state index contributed by atoms with van der Waals surface area (Å²) < 4.78 is 6.03. The zero-order chi connectivity index (χ0) is 11.2. The Hall–Kier alpha value is -0.0800. The highest BCUT2D eigenvalue weighted by atomic mass is 16.5. The van der Waals surface area contributed by atoms with Crippen molar-refractivity contribution in [2.45, 2.75) is 57.1 Å². The van der Waals surface area contributed by atoms with Crippen molar-refractivity contribution in [3.8, 4) is 0 Å². The van der Waals surface area contributed by atoms with Gasteiger partial charge in [0.25, 0.3) is 0 Å². The van der Waals surface area contributed by atoms with E-state index in [9.17, 15) is 0 Å². The van der Waals surface area contributed by atoms with Crippen LogP contribution in [-0.4, -0.2) is 25.3 Å². The lowest BCUT2D eigenvalue weighted by molar-refractivity contribution is -0.147. The predicted molar refractivity (Wildman–Crippen MR) is 65.4 cm³/mol. The second-order valence-electron chi connectivity index (χ2n) is 6.33. The van der Waals surface area contributed by atoms with Gasteiger partial charge in [0.2, 0.25) is 0 Å². The molecule has 0 bridgehead atoms. The zero-order valence-electron chi connectivity index (χ0n) is 10.7. The van der Waals surface area contributed by atoms with Crippen LogP contribution in [0.25, 0.3) is 0 Å². The maximum absolute atomic E-state index is 6.03. The summed E-state index contributed by atoms with van der Waals surface area (Å²) in [4.78, 5) is 0. The van der Waals surface area contributed by atoms with Gasteiger partial charge in [0.05, 0.1) is 5.60 Å². The van der Waals surface area contributed by atoms with Gasteiger partial charge in [-0.2, -0.15) is 0 Å². The summed E-state index contributed by atoms with van der Waals surface area (Å²) >= 11 is 0. The molecule has 3 aliphatic rings. The molecule has 16 heavy (non-hydrogen) atoms. The molecule has 1 saturated heterocycles. The molecule has 1 heterocycles. The number of hydrogen-bond donors (Lipinski definition) is 1. The highest BCUT2D eigenvalue weighted by Gasteiger charge is 2.48. The Bertz CT molecular complexity index is 261. The SMILES string of the molecule is CNC(C1CCOC2(CCC2)C1)C1CC1C. The van der Waals surface area contributed by atoms with Crippen LogP contribution >= 0.6 is 0 Å². The van der Waals surface area contributed by atoms with Gasteiger partial charge in [-0.15, -0.1) is 0 Å². The highest BCUT2D eigenvalue weighted by Crippen LogP contribution is 2.49. The van der Waals surface area contributed by atoms with E-state index in [4.69, 9.17) is 4.74 Å². The fourth-order valence-electron chi connectivity index (χ4n) is 3.94. The molecule has 2 saturated carbocycles. The van der Waals surface area contributed by atoms with Crippen LogP contribution in [0.1, 0.15) is 45.4 Å². The molecule has 0 aromatic rings. The van der Waals surface area contributed by atoms with Crippen molar-refractivity contribution in [3.63, 3.8) is 0 Å². The Morgan fingerprint density at radius 3 is 2.62 bits per heavy atom. The minimum absolute atomic E-state index is 0.316. The summed E-state index contributed by atoms with van der Waals surface area (Å²) in [5, 5.41) is 3.59. The van der Waals surface area contributed by atoms with Crippen molar-refractivity contribution >= 4 is 0 Å². The summed E-state index contributed by atoms with van der Waals surface area (Å²) in [6.07, 6.45) is 8.06. The average Bonchev–Trinajstić information content (AvgIpc) is 2.95. The molecule has 4 atom stereocenters. The zero-order valence-corrected chi connectivity index (χ0v) is 10.7. The molecule has 2 aliphatic carbocycles. The van der Waals surface area contributed by atoms with Crippen LogP contribution in [0.4, 0.5) is 0 Å². The number of ether oxygens (including phenoxy) is 1. The molecule has 1 N–H and O–H groups in total. The Balaban J connectivity index is 1.64. The Morgan fingerprint density at radius 1 is 1.38 bits per heavy atom. The standard InChI is InChI=1S/C14H25NO/c1-10-8-12(10)13(15-2)11-4-7-16-14(9-11)5-3-6-14/h10-13,15H,3-9H2,1-2H3. The molecule has 0 radical (unpaired) electrons. The molecule has 0 aromatic carbocycles. The van der Waals surface area contributed by atoms with Crippen molar-refractivity contribution < 1.29 is 4.74 Å². The first kappa shape index (κ1) is 11.0. The third-order valence-corrected chi connectivity index (χ3v) is 5.27. The van der Waals surface area contributed by atoms with E-state index in [-0.39, 0.29) is 0 Å². The lowest BCUT2D eigenvalue weighted by Gasteiger charge is -2.49. The van der Waals surface area contributed by atoms with Crippen LogP contribution < -0.4 is 5.32 Å². The Kier molecular flexibility index (Phi) is 2.75. The van der Waals surface area contributed by atoms with Gasteiger partial charge in [-0.05, 0) is 63.3 Å². The summed E-state index contributed by atoms with van der Waals surface area (Å²) in [5.41, 5.74) is 0.316. The van der Waals surface area contributed by atoms with Crippen LogP contribution in [0.3, 0.4) is 0 Å². The molecule has 3 fully saturated rings. The van der Waals surface area contributed by atoms with Gasteiger partial charge in [0.15, 0.2) is 0 Å². The van der Waals surface area contributed by atoms with Gasteiger partial charge in [-0.3, -0.25) is 0 Å². The van der Waals surface area contributed by atoms with Crippen molar-refractivity contribution in [2.24, 2.45) is 17.8 Å². The lowest BCUT2D eigenvalue weighted by Crippen LogP contribution is -2.50. The van der Waals surface area contributed by atoms with E-state index >= 15 is 0 Å². The molecule has 0 amide bonds. The van der Waals surface area contributed by atoms with Crippen molar-refractivity contribution in [1.29, 1.82) is 0 Å². The smallest absolute Gasteiger partial charge is 0.0685 e. The van der Waals surface area contributed by atoms with Crippen molar-refractivity contribution in [1.82, 2.24) is 5.32 Å². The third-order valence-electron chi connectivity index (χ3n) is 5.27. The van der Waals surface area contributed by atoms with Gasteiger partial charge in [0.1, 0.15) is 0 Å². The van der Waals surface area contributed by atoms with Gasteiger partial charge in [-0.1, -0.05) is 6.92 Å². The maximum atomic E-state index is 6.03. The first-order valence-electron chi connectivity index (χ1n) is 7.05. The second kappa shape index (κ2) is 3.99. The van der Waals surface area contributed by atoms with Crippen LogP contribution in [0.2, 0.25) is 0 Å². The van der Waals surface area contributed by atoms with E-state index in [1.54, 1.807) is 0 Å². The van der Waals surface area contributed by atoms with Crippen LogP contribution in [0.15, 0.2) is 0 Å². The average molecular weight is 223 g/mol. The van der Waals surface area contributed by atoms with E-state index in [2.05, 4.69) is 19.3 Å². The molecule has 4 unspecified atom stereocenters.